The van der Waals surface area contributed by atoms with Crippen molar-refractivity contribution in [2.75, 3.05) is 0 Å². The molecule has 1 aromatic rings. The monoisotopic (exact) mass is 302 g/mol. The first-order valence-electron chi connectivity index (χ1n) is 7.38. The van der Waals surface area contributed by atoms with Crippen molar-refractivity contribution in [3.05, 3.63) is 36.4 Å². The summed E-state index contributed by atoms with van der Waals surface area (Å²) in [5.41, 5.74) is 0.327. The number of hydrogen-bond donors (Lipinski definition) is 0. The number of ether oxygens (including phenoxy) is 3. The molecular weight excluding hydrogens is 284 g/mol. The van der Waals surface area contributed by atoms with Gasteiger partial charge in [0.05, 0.1) is 18.1 Å². The van der Waals surface area contributed by atoms with Gasteiger partial charge in [-0.2, -0.15) is 0 Å². The van der Waals surface area contributed by atoms with Crippen LogP contribution in [0.15, 0.2) is 36.4 Å². The number of rotatable bonds is 4. The standard InChI is InChI=1S/C17H18O5/c1-10(2)16(18)20-12-4-6-13(7-5-12)21-17(19)11-3-8-14-15(9-11)22-14/h4-7,11,14-15H,1,3,8-9H2,2H3. The molecule has 3 rings (SSSR count). The Morgan fingerprint density at radius 3 is 2.32 bits per heavy atom. The third kappa shape index (κ3) is 3.36. The molecule has 3 unspecified atom stereocenters. The van der Waals surface area contributed by atoms with Crippen LogP contribution in [0.4, 0.5) is 0 Å². The first-order chi connectivity index (χ1) is 10.5. The summed E-state index contributed by atoms with van der Waals surface area (Å²) in [5.74, 6) is 0.0369. The van der Waals surface area contributed by atoms with Crippen molar-refractivity contribution in [1.82, 2.24) is 0 Å². The highest BCUT2D eigenvalue weighted by Crippen LogP contribution is 2.39. The van der Waals surface area contributed by atoms with Crippen LogP contribution < -0.4 is 9.47 Å². The minimum Gasteiger partial charge on any atom is -0.426 e. The summed E-state index contributed by atoms with van der Waals surface area (Å²) in [4.78, 5) is 23.5. The first kappa shape index (κ1) is 14.8. The average Bonchev–Trinajstić information content (AvgIpc) is 3.27. The van der Waals surface area contributed by atoms with Crippen LogP contribution >= 0.6 is 0 Å². The molecule has 5 heteroatoms. The van der Waals surface area contributed by atoms with Crippen molar-refractivity contribution in [3.63, 3.8) is 0 Å². The summed E-state index contributed by atoms with van der Waals surface area (Å²) in [7, 11) is 0. The summed E-state index contributed by atoms with van der Waals surface area (Å²) in [6, 6.07) is 6.39. The van der Waals surface area contributed by atoms with Crippen LogP contribution in [0.5, 0.6) is 11.5 Å². The zero-order valence-corrected chi connectivity index (χ0v) is 12.4. The third-order valence-electron chi connectivity index (χ3n) is 3.94. The Morgan fingerprint density at radius 2 is 1.73 bits per heavy atom. The van der Waals surface area contributed by atoms with E-state index in [9.17, 15) is 9.59 Å². The Kier molecular flexibility index (Phi) is 3.98. The minimum atomic E-state index is -0.481. The Hall–Kier alpha value is -2.14. The highest BCUT2D eigenvalue weighted by Gasteiger charge is 2.46. The zero-order valence-electron chi connectivity index (χ0n) is 12.4. The van der Waals surface area contributed by atoms with Gasteiger partial charge in [0.15, 0.2) is 0 Å². The number of epoxide rings is 1. The molecule has 2 aliphatic rings. The molecule has 0 bridgehead atoms. The van der Waals surface area contributed by atoms with Crippen molar-refractivity contribution < 1.29 is 23.8 Å². The predicted molar refractivity (Wildman–Crippen MR) is 78.5 cm³/mol. The highest BCUT2D eigenvalue weighted by atomic mass is 16.6. The summed E-state index contributed by atoms with van der Waals surface area (Å²) >= 11 is 0. The SMILES string of the molecule is C=C(C)C(=O)Oc1ccc(OC(=O)C2CCC3OC3C2)cc1. The molecule has 2 fully saturated rings. The van der Waals surface area contributed by atoms with E-state index in [4.69, 9.17) is 14.2 Å². The highest BCUT2D eigenvalue weighted by molar-refractivity contribution is 5.88. The van der Waals surface area contributed by atoms with Crippen molar-refractivity contribution in [1.29, 1.82) is 0 Å². The van der Waals surface area contributed by atoms with E-state index in [1.54, 1.807) is 31.2 Å². The van der Waals surface area contributed by atoms with Crippen LogP contribution in [-0.4, -0.2) is 24.1 Å². The van der Waals surface area contributed by atoms with Gasteiger partial charge in [0, 0.05) is 5.57 Å². The van der Waals surface area contributed by atoms with Crippen molar-refractivity contribution in [3.8, 4) is 11.5 Å². The second-order valence-corrected chi connectivity index (χ2v) is 5.79. The van der Waals surface area contributed by atoms with Gasteiger partial charge in [-0.3, -0.25) is 4.79 Å². The number of benzene rings is 1. The van der Waals surface area contributed by atoms with Crippen LogP contribution in [0.25, 0.3) is 0 Å². The topological polar surface area (TPSA) is 65.1 Å². The smallest absolute Gasteiger partial charge is 0.338 e. The van der Waals surface area contributed by atoms with Gasteiger partial charge in [-0.25, -0.2) is 4.79 Å². The molecule has 22 heavy (non-hydrogen) atoms. The Labute approximate surface area is 128 Å². The lowest BCUT2D eigenvalue weighted by Crippen LogP contribution is -2.25. The van der Waals surface area contributed by atoms with E-state index in [-0.39, 0.29) is 18.0 Å². The van der Waals surface area contributed by atoms with E-state index in [0.717, 1.165) is 19.3 Å². The van der Waals surface area contributed by atoms with Crippen molar-refractivity contribution in [2.24, 2.45) is 5.92 Å². The van der Waals surface area contributed by atoms with Crippen molar-refractivity contribution >= 4 is 11.9 Å². The lowest BCUT2D eigenvalue weighted by molar-refractivity contribution is -0.139. The van der Waals surface area contributed by atoms with Crippen LogP contribution in [-0.2, 0) is 14.3 Å². The van der Waals surface area contributed by atoms with Gasteiger partial charge in [0.25, 0.3) is 0 Å². The van der Waals surface area contributed by atoms with E-state index >= 15 is 0 Å². The van der Waals surface area contributed by atoms with Crippen LogP contribution in [0.1, 0.15) is 26.2 Å². The Balaban J connectivity index is 1.55. The maximum Gasteiger partial charge on any atom is 0.338 e. The molecule has 1 aromatic carbocycles. The average molecular weight is 302 g/mol. The number of hydrogen-bond acceptors (Lipinski definition) is 5. The summed E-state index contributed by atoms with van der Waals surface area (Å²) < 4.78 is 15.9. The van der Waals surface area contributed by atoms with Crippen LogP contribution in [0.3, 0.4) is 0 Å². The second-order valence-electron chi connectivity index (χ2n) is 5.79. The minimum absolute atomic E-state index is 0.0929. The van der Waals surface area contributed by atoms with Gasteiger partial charge >= 0.3 is 11.9 Å². The fourth-order valence-electron chi connectivity index (χ4n) is 2.59. The van der Waals surface area contributed by atoms with Gasteiger partial charge in [0.2, 0.25) is 0 Å². The molecule has 1 aliphatic heterocycles. The Morgan fingerprint density at radius 1 is 1.09 bits per heavy atom. The maximum absolute atomic E-state index is 12.1. The normalized spacial score (nSPS) is 25.8. The lowest BCUT2D eigenvalue weighted by Gasteiger charge is -2.17. The predicted octanol–water partition coefficient (Wildman–Crippen LogP) is 2.64. The van der Waals surface area contributed by atoms with E-state index in [2.05, 4.69) is 6.58 Å². The van der Waals surface area contributed by atoms with Crippen molar-refractivity contribution in [2.45, 2.75) is 38.4 Å². The molecule has 0 radical (unpaired) electrons. The number of carbonyl (C=O) groups is 2. The van der Waals surface area contributed by atoms with Gasteiger partial charge in [-0.1, -0.05) is 6.58 Å². The molecule has 1 saturated carbocycles. The molecule has 0 aromatic heterocycles. The zero-order chi connectivity index (χ0) is 15.7. The quantitative estimate of drug-likeness (QED) is 0.370. The Bertz CT molecular complexity index is 604. The second kappa shape index (κ2) is 5.93. The third-order valence-corrected chi connectivity index (χ3v) is 3.94. The summed E-state index contributed by atoms with van der Waals surface area (Å²) in [6.45, 7) is 5.10. The van der Waals surface area contributed by atoms with E-state index in [1.807, 2.05) is 0 Å². The maximum atomic E-state index is 12.1. The van der Waals surface area contributed by atoms with Gasteiger partial charge in [-0.15, -0.1) is 0 Å². The number of fused-ring (bicyclic) bond motifs is 1. The molecule has 3 atom stereocenters. The van der Waals surface area contributed by atoms with E-state index in [0.29, 0.717) is 23.2 Å². The molecule has 5 nitrogen and oxygen atoms in total. The molecular formula is C17H18O5. The molecule has 1 saturated heterocycles. The molecule has 0 N–H and O–H groups in total. The largest absolute Gasteiger partial charge is 0.426 e. The van der Waals surface area contributed by atoms with Gasteiger partial charge < -0.3 is 14.2 Å². The van der Waals surface area contributed by atoms with Crippen LogP contribution in [0, 0.1) is 5.92 Å². The van der Waals surface area contributed by atoms with Gasteiger partial charge in [0.1, 0.15) is 11.5 Å². The molecule has 116 valence electrons. The fraction of sp³-hybridized carbons (Fsp3) is 0.412. The fourth-order valence-corrected chi connectivity index (χ4v) is 2.59. The summed E-state index contributed by atoms with van der Waals surface area (Å²) in [5, 5.41) is 0. The molecule has 0 spiro atoms. The first-order valence-corrected chi connectivity index (χ1v) is 7.38. The molecule has 1 heterocycles. The molecule has 1 aliphatic carbocycles. The van der Waals surface area contributed by atoms with E-state index in [1.165, 1.54) is 0 Å². The lowest BCUT2D eigenvalue weighted by atomic mass is 9.89. The number of carbonyl (C=O) groups excluding carboxylic acids is 2. The molecule has 0 amide bonds. The van der Waals surface area contributed by atoms with E-state index < -0.39 is 5.97 Å². The number of esters is 2. The van der Waals surface area contributed by atoms with Crippen LogP contribution in [0.2, 0.25) is 0 Å². The summed E-state index contributed by atoms with van der Waals surface area (Å²) in [6.07, 6.45) is 3.10. The van der Waals surface area contributed by atoms with Gasteiger partial charge in [-0.05, 0) is 50.5 Å².